The van der Waals surface area contributed by atoms with Gasteiger partial charge in [-0.05, 0) is 61.5 Å². The quantitative estimate of drug-likeness (QED) is 0.592. The van der Waals surface area contributed by atoms with Crippen molar-refractivity contribution < 1.29 is 14.4 Å². The van der Waals surface area contributed by atoms with E-state index >= 15 is 0 Å². The fourth-order valence-electron chi connectivity index (χ4n) is 6.31. The minimum Gasteiger partial charge on any atom is -0.349 e. The Morgan fingerprint density at radius 1 is 1.31 bits per heavy atom. The van der Waals surface area contributed by atoms with E-state index in [-0.39, 0.29) is 34.3 Å². The highest BCUT2D eigenvalue weighted by atomic mass is 35.5. The van der Waals surface area contributed by atoms with Gasteiger partial charge < -0.3 is 15.2 Å². The van der Waals surface area contributed by atoms with E-state index in [9.17, 15) is 19.6 Å². The fraction of sp³-hybridized carbons (Fsp3) is 0.571. The van der Waals surface area contributed by atoms with Gasteiger partial charge in [-0.3, -0.25) is 14.4 Å². The van der Waals surface area contributed by atoms with Crippen molar-refractivity contribution in [2.24, 2.45) is 16.7 Å². The zero-order valence-electron chi connectivity index (χ0n) is 20.9. The maximum Gasteiger partial charge on any atom is 0.271 e. The topological polar surface area (TPSA) is 106 Å². The highest BCUT2D eigenvalue weighted by molar-refractivity contribution is 6.35. The Labute approximate surface area is 216 Å². The number of benzene rings is 1. The molecule has 2 heterocycles. The maximum atomic E-state index is 13.6. The third-order valence-electron chi connectivity index (χ3n) is 8.59. The van der Waals surface area contributed by atoms with Gasteiger partial charge in [0.15, 0.2) is 0 Å². The first-order chi connectivity index (χ1) is 17.1. The molecule has 2 saturated carbocycles. The highest BCUT2D eigenvalue weighted by Gasteiger charge is 2.52. The number of fused-ring (bicyclic) bond motifs is 1. The molecule has 2 N–H and O–H groups in total. The molecule has 0 radical (unpaired) electrons. The number of nitrogens with one attached hydrogen (secondary N) is 2. The molecule has 2 aromatic rings. The smallest absolute Gasteiger partial charge is 0.271 e. The summed E-state index contributed by atoms with van der Waals surface area (Å²) < 4.78 is 0. The largest absolute Gasteiger partial charge is 0.349 e. The normalized spacial score (nSPS) is 25.4. The number of amides is 2. The van der Waals surface area contributed by atoms with Gasteiger partial charge in [-0.25, -0.2) is 0 Å². The second-order valence-electron chi connectivity index (χ2n) is 11.9. The van der Waals surface area contributed by atoms with E-state index in [1.165, 1.54) is 0 Å². The third kappa shape index (κ3) is 4.64. The first-order valence-electron chi connectivity index (χ1n) is 12.9. The Bertz CT molecular complexity index is 1260. The van der Waals surface area contributed by atoms with Crippen LogP contribution in [0, 0.1) is 28.1 Å². The Balaban J connectivity index is 1.32. The third-order valence-corrected chi connectivity index (χ3v) is 8.91. The number of carbonyl (C=O) groups excluding carboxylic acids is 3. The fourth-order valence-corrected chi connectivity index (χ4v) is 6.54. The van der Waals surface area contributed by atoms with E-state index in [4.69, 9.17) is 11.6 Å². The predicted octanol–water partition coefficient (Wildman–Crippen LogP) is 5.00. The van der Waals surface area contributed by atoms with Gasteiger partial charge in [0.1, 0.15) is 23.6 Å². The Kier molecular flexibility index (Phi) is 6.36. The summed E-state index contributed by atoms with van der Waals surface area (Å²) in [6.07, 6.45) is 6.17. The molecular formula is C28H33ClN4O3. The van der Waals surface area contributed by atoms with Crippen molar-refractivity contribution in [3.05, 3.63) is 35.0 Å². The minimum absolute atomic E-state index is 0.00633. The number of H-pyrrole nitrogens is 1. The lowest BCUT2D eigenvalue weighted by Gasteiger charge is -2.37. The Morgan fingerprint density at radius 3 is 2.72 bits per heavy atom. The summed E-state index contributed by atoms with van der Waals surface area (Å²) in [6, 6.07) is 8.06. The van der Waals surface area contributed by atoms with Gasteiger partial charge in [0.05, 0.1) is 16.6 Å². The molecule has 1 spiro atoms. The number of nitrogens with zero attached hydrogens (tertiary/aromatic N) is 2. The lowest BCUT2D eigenvalue weighted by atomic mass is 9.67. The number of likely N-dealkylation sites (tertiary alicyclic amines) is 1. The van der Waals surface area contributed by atoms with Gasteiger partial charge in [-0.15, -0.1) is 0 Å². The van der Waals surface area contributed by atoms with Crippen LogP contribution in [0.5, 0.6) is 0 Å². The second kappa shape index (κ2) is 9.23. The van der Waals surface area contributed by atoms with Gasteiger partial charge >= 0.3 is 0 Å². The van der Waals surface area contributed by atoms with Crippen molar-refractivity contribution in [1.82, 2.24) is 15.2 Å². The molecule has 5 rings (SSSR count). The monoisotopic (exact) mass is 508 g/mol. The average Bonchev–Trinajstić information content (AvgIpc) is 3.43. The molecule has 3 fully saturated rings. The van der Waals surface area contributed by atoms with Crippen molar-refractivity contribution in [3.63, 3.8) is 0 Å². The summed E-state index contributed by atoms with van der Waals surface area (Å²) in [5.41, 5.74) is 1.06. The average molecular weight is 509 g/mol. The van der Waals surface area contributed by atoms with Crippen molar-refractivity contribution in [1.29, 1.82) is 5.26 Å². The molecule has 1 aliphatic heterocycles. The number of rotatable bonds is 5. The van der Waals surface area contributed by atoms with E-state index in [0.717, 1.165) is 37.5 Å². The molecule has 36 heavy (non-hydrogen) atoms. The van der Waals surface area contributed by atoms with Crippen molar-refractivity contribution in [2.75, 3.05) is 6.54 Å². The molecule has 1 saturated heterocycles. The van der Waals surface area contributed by atoms with Crippen molar-refractivity contribution >= 4 is 40.1 Å². The number of halogens is 1. The molecule has 1 aromatic carbocycles. The Morgan fingerprint density at radius 2 is 2.08 bits per heavy atom. The molecule has 190 valence electrons. The van der Waals surface area contributed by atoms with E-state index in [2.05, 4.69) is 30.2 Å². The molecular weight excluding hydrogens is 476 g/mol. The molecule has 1 aromatic heterocycles. The molecule has 3 aliphatic rings. The first-order valence-corrected chi connectivity index (χ1v) is 13.3. The van der Waals surface area contributed by atoms with Gasteiger partial charge in [0.25, 0.3) is 5.91 Å². The number of hydrogen-bond donors (Lipinski definition) is 2. The van der Waals surface area contributed by atoms with Crippen LogP contribution in [-0.4, -0.2) is 46.1 Å². The standard InChI is InChI=1S/C28H33ClN4O3/c1-27(2)10-7-17(23(34)14-27)11-19(15-30)31-25(35)22-13-28(8-4-9-28)16-33(22)26(36)21-12-18-5-3-6-20(29)24(18)32-21/h3,5-6,12,17,19,22,32H,4,7-11,13-14,16H2,1-2H3,(H,31,35). The molecule has 3 unspecified atom stereocenters. The summed E-state index contributed by atoms with van der Waals surface area (Å²) in [6.45, 7) is 4.71. The molecule has 2 aliphatic carbocycles. The van der Waals surface area contributed by atoms with Gasteiger partial charge in [-0.1, -0.05) is 44.0 Å². The molecule has 3 atom stereocenters. The van der Waals surface area contributed by atoms with Crippen molar-refractivity contribution in [2.45, 2.75) is 77.3 Å². The molecule has 8 heteroatoms. The van der Waals surface area contributed by atoms with Crippen LogP contribution in [0.3, 0.4) is 0 Å². The van der Waals surface area contributed by atoms with Crippen LogP contribution in [0.25, 0.3) is 10.9 Å². The highest BCUT2D eigenvalue weighted by Crippen LogP contribution is 2.50. The molecule has 2 amide bonds. The number of para-hydroxylation sites is 1. The predicted molar refractivity (Wildman–Crippen MR) is 137 cm³/mol. The number of hydrogen-bond acceptors (Lipinski definition) is 4. The lowest BCUT2D eigenvalue weighted by Crippen LogP contribution is -2.49. The summed E-state index contributed by atoms with van der Waals surface area (Å²) in [4.78, 5) is 44.5. The Hall–Kier alpha value is -2.85. The van der Waals surface area contributed by atoms with Crippen LogP contribution in [0.15, 0.2) is 24.3 Å². The summed E-state index contributed by atoms with van der Waals surface area (Å²) in [5.74, 6) is -0.580. The zero-order chi connectivity index (χ0) is 25.7. The second-order valence-corrected chi connectivity index (χ2v) is 12.3. The van der Waals surface area contributed by atoms with Crippen molar-refractivity contribution in [3.8, 4) is 6.07 Å². The van der Waals surface area contributed by atoms with E-state index < -0.39 is 12.1 Å². The van der Waals surface area contributed by atoms with Crippen LogP contribution in [0.1, 0.15) is 75.7 Å². The summed E-state index contributed by atoms with van der Waals surface area (Å²) >= 11 is 6.29. The van der Waals surface area contributed by atoms with Gasteiger partial charge in [0.2, 0.25) is 5.91 Å². The van der Waals surface area contributed by atoms with E-state index in [1.54, 1.807) is 17.0 Å². The number of Topliss-reactive ketones (excluding diaryl/α,β-unsaturated/α-hetero) is 1. The van der Waals surface area contributed by atoms with Crippen LogP contribution in [-0.2, 0) is 9.59 Å². The SMILES string of the molecule is CC1(C)CCC(CC(C#N)NC(=O)C2CC3(CCC3)CN2C(=O)c2cc3cccc(Cl)c3[nH]2)C(=O)C1. The maximum absolute atomic E-state index is 13.6. The van der Waals surface area contributed by atoms with Crippen LogP contribution in [0.4, 0.5) is 0 Å². The van der Waals surface area contributed by atoms with E-state index in [0.29, 0.717) is 42.0 Å². The summed E-state index contributed by atoms with van der Waals surface area (Å²) in [7, 11) is 0. The van der Waals surface area contributed by atoms with Crippen LogP contribution >= 0.6 is 11.6 Å². The minimum atomic E-state index is -0.755. The first kappa shape index (κ1) is 24.8. The lowest BCUT2D eigenvalue weighted by molar-refractivity contribution is -0.129. The van der Waals surface area contributed by atoms with E-state index in [1.807, 2.05) is 12.1 Å². The molecule has 7 nitrogen and oxygen atoms in total. The number of carbonyl (C=O) groups is 3. The number of aromatic amines is 1. The number of ketones is 1. The van der Waals surface area contributed by atoms with Gasteiger partial charge in [-0.2, -0.15) is 5.26 Å². The van der Waals surface area contributed by atoms with Crippen LogP contribution in [0.2, 0.25) is 5.02 Å². The van der Waals surface area contributed by atoms with Crippen LogP contribution < -0.4 is 5.32 Å². The van der Waals surface area contributed by atoms with Gasteiger partial charge in [0, 0.05) is 24.3 Å². The number of nitriles is 1. The molecule has 0 bridgehead atoms. The zero-order valence-corrected chi connectivity index (χ0v) is 21.7. The summed E-state index contributed by atoms with van der Waals surface area (Å²) in [5, 5.41) is 14.0. The number of aromatic nitrogens is 1.